The number of sulfonamides is 1. The maximum Gasteiger partial charge on any atom is 0.223 e. The number of para-hydroxylation sites is 1. The molecule has 0 bridgehead atoms. The van der Waals surface area contributed by atoms with E-state index < -0.39 is 10.0 Å². The first-order chi connectivity index (χ1) is 10.9. The van der Waals surface area contributed by atoms with E-state index in [9.17, 15) is 13.2 Å². The van der Waals surface area contributed by atoms with Crippen molar-refractivity contribution in [2.24, 2.45) is 0 Å². The summed E-state index contributed by atoms with van der Waals surface area (Å²) in [7, 11) is -3.23. The Kier molecular flexibility index (Phi) is 4.33. The fraction of sp³-hybridized carbons (Fsp3) is 0.562. The normalized spacial score (nSPS) is 19.4. The number of nitrogens with zero attached hydrogens (tertiary/aromatic N) is 1. The maximum absolute atomic E-state index is 12.2. The standard InChI is InChI=1S/C16H23N3O3S/c1-23(21,22)18-9-6-15(20)19-10-7-16(8-11-19)12-17-14-5-3-2-4-13(14)16/h2-5,17-18H,6-12H2,1H3. The molecule has 0 aliphatic carbocycles. The zero-order chi connectivity index (χ0) is 16.5. The molecule has 1 spiro atoms. The van der Waals surface area contributed by atoms with Crippen molar-refractivity contribution >= 4 is 21.6 Å². The van der Waals surface area contributed by atoms with Gasteiger partial charge in [0.15, 0.2) is 0 Å². The highest BCUT2D eigenvalue weighted by Crippen LogP contribution is 2.43. The summed E-state index contributed by atoms with van der Waals surface area (Å²) in [6, 6.07) is 8.40. The molecule has 2 aliphatic rings. The molecule has 3 rings (SSSR count). The van der Waals surface area contributed by atoms with Crippen LogP contribution < -0.4 is 10.0 Å². The number of piperidine rings is 1. The minimum Gasteiger partial charge on any atom is -0.384 e. The molecule has 6 nitrogen and oxygen atoms in total. The Bertz CT molecular complexity index is 694. The Morgan fingerprint density at radius 1 is 1.30 bits per heavy atom. The van der Waals surface area contributed by atoms with Gasteiger partial charge >= 0.3 is 0 Å². The minimum absolute atomic E-state index is 0.0234. The van der Waals surface area contributed by atoms with Crippen molar-refractivity contribution in [2.45, 2.75) is 24.7 Å². The summed E-state index contributed by atoms with van der Waals surface area (Å²) in [6.07, 6.45) is 3.21. The van der Waals surface area contributed by atoms with Crippen LogP contribution in [0.3, 0.4) is 0 Å². The molecule has 2 aliphatic heterocycles. The predicted molar refractivity (Wildman–Crippen MR) is 89.9 cm³/mol. The van der Waals surface area contributed by atoms with E-state index in [1.54, 1.807) is 0 Å². The first-order valence-corrected chi connectivity index (χ1v) is 9.85. The second kappa shape index (κ2) is 6.13. The largest absolute Gasteiger partial charge is 0.384 e. The zero-order valence-electron chi connectivity index (χ0n) is 13.3. The van der Waals surface area contributed by atoms with Crippen LogP contribution in [-0.4, -0.2) is 51.7 Å². The third kappa shape index (κ3) is 3.50. The number of carbonyl (C=O) groups is 1. The molecule has 1 fully saturated rings. The van der Waals surface area contributed by atoms with E-state index >= 15 is 0 Å². The topological polar surface area (TPSA) is 78.5 Å². The number of amides is 1. The van der Waals surface area contributed by atoms with E-state index in [-0.39, 0.29) is 24.3 Å². The Morgan fingerprint density at radius 3 is 2.70 bits per heavy atom. The molecule has 1 saturated heterocycles. The first kappa shape index (κ1) is 16.3. The molecule has 1 amide bonds. The highest BCUT2D eigenvalue weighted by molar-refractivity contribution is 7.88. The van der Waals surface area contributed by atoms with Gasteiger partial charge in [-0.05, 0) is 24.5 Å². The molecule has 0 saturated carbocycles. The number of nitrogens with one attached hydrogen (secondary N) is 2. The zero-order valence-corrected chi connectivity index (χ0v) is 14.2. The molecule has 1 aromatic carbocycles. The van der Waals surface area contributed by atoms with Gasteiger partial charge in [0.25, 0.3) is 0 Å². The molecule has 2 heterocycles. The number of fused-ring (bicyclic) bond motifs is 2. The number of carbonyl (C=O) groups excluding carboxylic acids is 1. The highest BCUT2D eigenvalue weighted by atomic mass is 32.2. The Hall–Kier alpha value is -1.60. The van der Waals surface area contributed by atoms with E-state index in [0.29, 0.717) is 0 Å². The van der Waals surface area contributed by atoms with Gasteiger partial charge in [0.05, 0.1) is 6.26 Å². The van der Waals surface area contributed by atoms with Crippen LogP contribution in [0.2, 0.25) is 0 Å². The molecular formula is C16H23N3O3S. The molecule has 0 radical (unpaired) electrons. The van der Waals surface area contributed by atoms with Crippen LogP contribution >= 0.6 is 0 Å². The van der Waals surface area contributed by atoms with Crippen LogP contribution in [0.25, 0.3) is 0 Å². The van der Waals surface area contributed by atoms with Crippen LogP contribution in [0.15, 0.2) is 24.3 Å². The van der Waals surface area contributed by atoms with Crippen molar-refractivity contribution in [1.82, 2.24) is 9.62 Å². The van der Waals surface area contributed by atoms with Crippen molar-refractivity contribution in [3.8, 4) is 0 Å². The van der Waals surface area contributed by atoms with E-state index in [2.05, 4.69) is 28.2 Å². The summed E-state index contributed by atoms with van der Waals surface area (Å²) in [5.74, 6) is 0.0234. The maximum atomic E-state index is 12.2. The SMILES string of the molecule is CS(=O)(=O)NCCC(=O)N1CCC2(CC1)CNc1ccccc12. The number of anilines is 1. The molecule has 2 N–H and O–H groups in total. The van der Waals surface area contributed by atoms with Gasteiger partial charge in [0.1, 0.15) is 0 Å². The fourth-order valence-corrected chi connectivity index (χ4v) is 4.06. The van der Waals surface area contributed by atoms with Gasteiger partial charge in [-0.2, -0.15) is 0 Å². The number of hydrogen-bond acceptors (Lipinski definition) is 4. The molecule has 1 aromatic rings. The quantitative estimate of drug-likeness (QED) is 0.856. The van der Waals surface area contributed by atoms with Gasteiger partial charge in [-0.1, -0.05) is 18.2 Å². The molecule has 0 aromatic heterocycles. The number of likely N-dealkylation sites (tertiary alicyclic amines) is 1. The molecule has 126 valence electrons. The first-order valence-electron chi connectivity index (χ1n) is 7.95. The molecule has 7 heteroatoms. The monoisotopic (exact) mass is 337 g/mol. The lowest BCUT2D eigenvalue weighted by Crippen LogP contribution is -2.46. The number of rotatable bonds is 4. The molecule has 0 atom stereocenters. The summed E-state index contributed by atoms with van der Waals surface area (Å²) in [4.78, 5) is 14.1. The van der Waals surface area contributed by atoms with E-state index in [1.165, 1.54) is 11.3 Å². The summed E-state index contributed by atoms with van der Waals surface area (Å²) < 4.78 is 24.4. The van der Waals surface area contributed by atoms with Gasteiger partial charge in [-0.25, -0.2) is 13.1 Å². The van der Waals surface area contributed by atoms with Crippen LogP contribution in [0.5, 0.6) is 0 Å². The predicted octanol–water partition coefficient (Wildman–Crippen LogP) is 0.912. The van der Waals surface area contributed by atoms with Gasteiger partial charge in [0, 0.05) is 43.7 Å². The van der Waals surface area contributed by atoms with Crippen molar-refractivity contribution in [3.63, 3.8) is 0 Å². The second-order valence-corrected chi connectivity index (χ2v) is 8.31. The third-order valence-corrected chi connectivity index (χ3v) is 5.62. The van der Waals surface area contributed by atoms with Crippen LogP contribution in [-0.2, 0) is 20.2 Å². The molecule has 23 heavy (non-hydrogen) atoms. The molecular weight excluding hydrogens is 314 g/mol. The van der Waals surface area contributed by atoms with E-state index in [0.717, 1.165) is 38.7 Å². The lowest BCUT2D eigenvalue weighted by atomic mass is 9.74. The summed E-state index contributed by atoms with van der Waals surface area (Å²) in [6.45, 7) is 2.56. The van der Waals surface area contributed by atoms with Crippen LogP contribution in [0, 0.1) is 0 Å². The Morgan fingerprint density at radius 2 is 2.00 bits per heavy atom. The smallest absolute Gasteiger partial charge is 0.223 e. The van der Waals surface area contributed by atoms with Crippen molar-refractivity contribution in [1.29, 1.82) is 0 Å². The summed E-state index contributed by atoms with van der Waals surface area (Å²) in [5, 5.41) is 3.48. The van der Waals surface area contributed by atoms with E-state index in [4.69, 9.17) is 0 Å². The summed E-state index contributed by atoms with van der Waals surface area (Å²) >= 11 is 0. The highest BCUT2D eigenvalue weighted by Gasteiger charge is 2.41. The number of hydrogen-bond donors (Lipinski definition) is 2. The van der Waals surface area contributed by atoms with E-state index in [1.807, 2.05) is 11.0 Å². The number of benzene rings is 1. The lowest BCUT2D eigenvalue weighted by Gasteiger charge is -2.39. The van der Waals surface area contributed by atoms with Crippen molar-refractivity contribution in [2.75, 3.05) is 37.8 Å². The van der Waals surface area contributed by atoms with Gasteiger partial charge in [0.2, 0.25) is 15.9 Å². The van der Waals surface area contributed by atoms with Gasteiger partial charge in [-0.3, -0.25) is 4.79 Å². The average molecular weight is 337 g/mol. The Balaban J connectivity index is 1.56. The Labute approximate surface area is 137 Å². The van der Waals surface area contributed by atoms with Crippen molar-refractivity contribution < 1.29 is 13.2 Å². The lowest BCUT2D eigenvalue weighted by molar-refractivity contribution is -0.132. The minimum atomic E-state index is -3.23. The van der Waals surface area contributed by atoms with Crippen LogP contribution in [0.1, 0.15) is 24.8 Å². The average Bonchev–Trinajstić information content (AvgIpc) is 2.86. The van der Waals surface area contributed by atoms with Crippen LogP contribution in [0.4, 0.5) is 5.69 Å². The second-order valence-electron chi connectivity index (χ2n) is 6.48. The fourth-order valence-electron chi connectivity index (χ4n) is 3.59. The summed E-state index contributed by atoms with van der Waals surface area (Å²) in [5.41, 5.74) is 2.72. The van der Waals surface area contributed by atoms with Crippen molar-refractivity contribution in [3.05, 3.63) is 29.8 Å². The molecule has 0 unspecified atom stereocenters. The van der Waals surface area contributed by atoms with Gasteiger partial charge < -0.3 is 10.2 Å². The third-order valence-electron chi connectivity index (χ3n) is 4.89. The van der Waals surface area contributed by atoms with Gasteiger partial charge in [-0.15, -0.1) is 0 Å².